The average Bonchev–Trinajstić information content (AvgIpc) is 3.10. The molecule has 1 saturated carbocycles. The van der Waals surface area contributed by atoms with Crippen molar-refractivity contribution in [3.8, 4) is 0 Å². The molecule has 5 rings (SSSR count). The maximum Gasteiger partial charge on any atom is 0.332 e. The van der Waals surface area contributed by atoms with Gasteiger partial charge >= 0.3 is 6.03 Å². The molecule has 3 N–H and O–H groups in total. The van der Waals surface area contributed by atoms with Crippen LogP contribution in [0, 0.1) is 11.8 Å². The first-order valence-corrected chi connectivity index (χ1v) is 16.3. The van der Waals surface area contributed by atoms with E-state index in [1.807, 2.05) is 18.1 Å². The van der Waals surface area contributed by atoms with Crippen LogP contribution >= 0.6 is 43.5 Å². The molecule has 1 unspecified atom stereocenters. The van der Waals surface area contributed by atoms with Crippen molar-refractivity contribution in [3.63, 3.8) is 0 Å². The Morgan fingerprint density at radius 3 is 2.46 bits per heavy atom. The largest absolute Gasteiger partial charge is 0.350 e. The Labute approximate surface area is 252 Å². The minimum atomic E-state index is -0.642. The lowest BCUT2D eigenvalue weighted by Gasteiger charge is -2.37. The van der Waals surface area contributed by atoms with E-state index in [1.54, 1.807) is 0 Å². The number of carbonyl (C=O) groups excluding carboxylic acids is 2. The van der Waals surface area contributed by atoms with Gasteiger partial charge in [0.2, 0.25) is 5.91 Å². The van der Waals surface area contributed by atoms with Crippen LogP contribution in [0.2, 0.25) is 5.02 Å². The highest BCUT2D eigenvalue weighted by molar-refractivity contribution is 9.10. The van der Waals surface area contributed by atoms with Gasteiger partial charge < -0.3 is 10.6 Å². The Balaban J connectivity index is 0.00000172. The van der Waals surface area contributed by atoms with Gasteiger partial charge in [-0.3, -0.25) is 9.78 Å². The molecule has 2 heterocycles. The van der Waals surface area contributed by atoms with Gasteiger partial charge in [0.1, 0.15) is 0 Å². The van der Waals surface area contributed by atoms with Gasteiger partial charge in [-0.05, 0) is 120 Å². The van der Waals surface area contributed by atoms with Crippen LogP contribution < -0.4 is 11.2 Å². The van der Waals surface area contributed by atoms with E-state index in [0.717, 1.165) is 79.7 Å². The third-order valence-electron chi connectivity index (χ3n) is 8.20. The van der Waals surface area contributed by atoms with Crippen molar-refractivity contribution in [2.75, 3.05) is 18.9 Å². The van der Waals surface area contributed by atoms with Crippen molar-refractivity contribution >= 4 is 61.1 Å². The molecular formula is C29H36Br2ClN5O2. The van der Waals surface area contributed by atoms with Crippen LogP contribution in [-0.4, -0.2) is 46.5 Å². The van der Waals surface area contributed by atoms with Crippen molar-refractivity contribution in [2.24, 2.45) is 22.7 Å². The lowest BCUT2D eigenvalue weighted by atomic mass is 9.76. The Morgan fingerprint density at radius 2 is 1.77 bits per heavy atom. The molecular weight excluding hydrogens is 646 g/mol. The molecule has 2 aromatic rings. The average molecular weight is 682 g/mol. The van der Waals surface area contributed by atoms with Crippen LogP contribution in [0.4, 0.5) is 4.79 Å². The molecule has 0 radical (unpaired) electrons. The number of likely N-dealkylation sites (tertiary alicyclic amines) is 1. The van der Waals surface area contributed by atoms with Crippen molar-refractivity contribution in [1.29, 1.82) is 0 Å². The number of halogens is 3. The minimum Gasteiger partial charge on any atom is -0.350 e. The number of rotatable bonds is 4. The maximum absolute atomic E-state index is 13.2. The molecule has 1 atom stereocenters. The minimum absolute atomic E-state index is 0.222. The fourth-order valence-electron chi connectivity index (χ4n) is 6.28. The molecule has 1 saturated heterocycles. The first-order chi connectivity index (χ1) is 18.9. The van der Waals surface area contributed by atoms with Crippen LogP contribution in [-0.2, 0) is 17.6 Å². The summed E-state index contributed by atoms with van der Waals surface area (Å²) in [5.74, 6) is 3.09. The quantitative estimate of drug-likeness (QED) is 0.282. The van der Waals surface area contributed by atoms with E-state index in [2.05, 4.69) is 65.5 Å². The van der Waals surface area contributed by atoms with Crippen molar-refractivity contribution < 1.29 is 9.59 Å². The van der Waals surface area contributed by atoms with E-state index < -0.39 is 6.03 Å². The predicted molar refractivity (Wildman–Crippen MR) is 164 cm³/mol. The molecule has 1 aliphatic heterocycles. The second-order valence-corrected chi connectivity index (χ2v) is 11.9. The van der Waals surface area contributed by atoms with E-state index in [4.69, 9.17) is 22.3 Å². The number of carbonyl (C=O) groups is 2. The number of pyridine rings is 1. The second kappa shape index (κ2) is 14.1. The molecule has 10 heteroatoms. The monoisotopic (exact) mass is 679 g/mol. The van der Waals surface area contributed by atoms with Crippen molar-refractivity contribution in [1.82, 2.24) is 15.3 Å². The third-order valence-corrected chi connectivity index (χ3v) is 8.87. The van der Waals surface area contributed by atoms with Gasteiger partial charge in [0.15, 0.2) is 0 Å². The molecule has 7 nitrogen and oxygen atoms in total. The number of primary amides is 1. The van der Waals surface area contributed by atoms with Crippen LogP contribution in [0.25, 0.3) is 0 Å². The highest BCUT2D eigenvalue weighted by atomic mass is 79.9. The number of aryl methyl sites for hydroxylation is 2. The lowest BCUT2D eigenvalue weighted by Crippen LogP contribution is -2.41. The summed E-state index contributed by atoms with van der Waals surface area (Å²) in [5.41, 5.74) is 13.5. The summed E-state index contributed by atoms with van der Waals surface area (Å²) in [6.45, 7) is 1.58. The zero-order valence-electron chi connectivity index (χ0n) is 22.3. The summed E-state index contributed by atoms with van der Waals surface area (Å²) in [4.78, 5) is 31.0. The van der Waals surface area contributed by atoms with E-state index >= 15 is 0 Å². The second-order valence-electron chi connectivity index (χ2n) is 10.5. The molecule has 210 valence electrons. The number of hydrogen-bond acceptors (Lipinski definition) is 4. The first kappa shape index (κ1) is 30.0. The smallest absolute Gasteiger partial charge is 0.332 e. The summed E-state index contributed by atoms with van der Waals surface area (Å²) in [5, 5.41) is 4.85. The van der Waals surface area contributed by atoms with Crippen molar-refractivity contribution in [3.05, 3.63) is 62.3 Å². The number of hydrogen-bond donors (Lipinski definition) is 2. The highest BCUT2D eigenvalue weighted by Crippen LogP contribution is 2.43. The topological polar surface area (TPSA) is 101 Å². The standard InChI is InChI=1S/C28H33BrClN5O2.CH3Br/c29-21-14-20-4-3-19-15-22(30)5-8-24(19)26(27(20)32-16-21)18-9-11-35(12-10-18)25(36)13-17-1-6-23(7-2-17)33-34-28(31)37;1-2/h5,8,14-18,26H,1-4,6-7,9-13H2,(H3,31,34,37);1H3. The number of amides is 3. The Morgan fingerprint density at radius 1 is 1.08 bits per heavy atom. The molecule has 2 fully saturated rings. The fraction of sp³-hybridized carbons (Fsp3) is 0.517. The number of urea groups is 1. The summed E-state index contributed by atoms with van der Waals surface area (Å²) in [6.07, 6.45) is 9.78. The van der Waals surface area contributed by atoms with Gasteiger partial charge in [-0.15, -0.1) is 0 Å². The van der Waals surface area contributed by atoms with E-state index in [0.29, 0.717) is 18.3 Å². The summed E-state index contributed by atoms with van der Waals surface area (Å²) < 4.78 is 1.01. The molecule has 39 heavy (non-hydrogen) atoms. The summed E-state index contributed by atoms with van der Waals surface area (Å²) in [6, 6.07) is 7.88. The number of nitrogens with two attached hydrogens (primary N) is 1. The number of piperidine rings is 1. The number of nitrogens with zero attached hydrogens (tertiary/aromatic N) is 3. The molecule has 3 aliphatic rings. The summed E-state index contributed by atoms with van der Waals surface area (Å²) >= 11 is 12.9. The molecule has 2 aliphatic carbocycles. The van der Waals surface area contributed by atoms with Crippen LogP contribution in [0.5, 0.6) is 0 Å². The zero-order chi connectivity index (χ0) is 27.9. The highest BCUT2D eigenvalue weighted by Gasteiger charge is 2.35. The Bertz CT molecular complexity index is 1150. The van der Waals surface area contributed by atoms with Crippen LogP contribution in [0.15, 0.2) is 40.0 Å². The van der Waals surface area contributed by atoms with Crippen molar-refractivity contribution in [2.45, 2.75) is 63.7 Å². The third kappa shape index (κ3) is 7.61. The zero-order valence-corrected chi connectivity index (χ0v) is 26.2. The number of nitrogens with one attached hydrogen (secondary N) is 1. The molecule has 1 aromatic heterocycles. The van der Waals surface area contributed by atoms with Gasteiger partial charge in [-0.2, -0.15) is 5.10 Å². The molecule has 1 aromatic carbocycles. The number of aromatic nitrogens is 1. The van der Waals surface area contributed by atoms with E-state index in [1.165, 1.54) is 22.4 Å². The van der Waals surface area contributed by atoms with Gasteiger partial charge in [0.05, 0.1) is 5.69 Å². The number of fused-ring (bicyclic) bond motifs is 2. The van der Waals surface area contributed by atoms with E-state index in [-0.39, 0.29) is 11.8 Å². The first-order valence-electron chi connectivity index (χ1n) is 13.6. The fourth-order valence-corrected chi connectivity index (χ4v) is 6.85. The lowest BCUT2D eigenvalue weighted by molar-refractivity contribution is -0.133. The number of benzene rings is 1. The number of alkyl halides is 1. The molecule has 0 spiro atoms. The molecule has 0 bridgehead atoms. The Hall–Kier alpha value is -1.97. The maximum atomic E-state index is 13.2. The van der Waals surface area contributed by atoms with E-state index in [9.17, 15) is 9.59 Å². The Kier molecular flexibility index (Phi) is 10.8. The SMILES string of the molecule is CBr.NC(=O)NN=C1CCC(CC(=O)N2CCC(C3c4ccc(Cl)cc4CCc4cc(Br)cnc43)CC2)CC1. The summed E-state index contributed by atoms with van der Waals surface area (Å²) in [7, 11) is 0. The van der Waals surface area contributed by atoms with Gasteiger partial charge in [-0.1, -0.05) is 33.6 Å². The van der Waals surface area contributed by atoms with Crippen LogP contribution in [0.1, 0.15) is 73.2 Å². The van der Waals surface area contributed by atoms with Gasteiger partial charge in [0, 0.05) is 46.8 Å². The van der Waals surface area contributed by atoms with Gasteiger partial charge in [0.25, 0.3) is 0 Å². The normalized spacial score (nSPS) is 21.0. The van der Waals surface area contributed by atoms with Gasteiger partial charge in [-0.25, -0.2) is 10.2 Å². The van der Waals surface area contributed by atoms with Crippen LogP contribution in [0.3, 0.4) is 0 Å². The predicted octanol–water partition coefficient (Wildman–Crippen LogP) is 6.58. The number of hydrazone groups is 1. The molecule has 3 amide bonds.